The van der Waals surface area contributed by atoms with Gasteiger partial charge in [0.25, 0.3) is 0 Å². The van der Waals surface area contributed by atoms with Crippen LogP contribution in [0.5, 0.6) is 0 Å². The number of carboxylic acids is 1. The average molecular weight is 413 g/mol. The van der Waals surface area contributed by atoms with Crippen molar-refractivity contribution in [1.82, 2.24) is 14.8 Å². The van der Waals surface area contributed by atoms with Crippen LogP contribution in [0.1, 0.15) is 57.4 Å². The van der Waals surface area contributed by atoms with E-state index in [1.165, 1.54) is 0 Å². The maximum Gasteiger partial charge on any atom is 0.306 e. The molecule has 3 N–H and O–H groups in total. The quantitative estimate of drug-likeness (QED) is 0.688. The first-order valence-electron chi connectivity index (χ1n) is 10.8. The van der Waals surface area contributed by atoms with Crippen LogP contribution in [0.2, 0.25) is 0 Å². The Balaban J connectivity index is 1.45. The number of nitrogens with zero attached hydrogens (tertiary/aromatic N) is 4. The number of carboxylic acid groups (broad SMARTS) is 1. The number of nitrogens with one attached hydrogen (secondary N) is 1. The van der Waals surface area contributed by atoms with Gasteiger partial charge in [-0.15, -0.1) is 0 Å². The van der Waals surface area contributed by atoms with E-state index in [1.54, 1.807) is 0 Å². The summed E-state index contributed by atoms with van der Waals surface area (Å²) in [6.07, 6.45) is 8.31. The summed E-state index contributed by atoms with van der Waals surface area (Å²) >= 11 is 0. The number of hydrogen-bond acceptors (Lipinski definition) is 7. The first-order valence-corrected chi connectivity index (χ1v) is 10.8. The fraction of sp³-hybridized carbons (Fsp3) is 0.619. The lowest BCUT2D eigenvalue weighted by Crippen LogP contribution is -2.40. The zero-order valence-electron chi connectivity index (χ0n) is 17.0. The van der Waals surface area contributed by atoms with Crippen molar-refractivity contribution in [3.8, 4) is 0 Å². The van der Waals surface area contributed by atoms with Crippen molar-refractivity contribution in [3.63, 3.8) is 0 Å². The molecule has 0 saturated heterocycles. The van der Waals surface area contributed by atoms with Gasteiger partial charge in [-0.2, -0.15) is 5.10 Å². The Morgan fingerprint density at radius 2 is 2.10 bits per heavy atom. The fourth-order valence-corrected chi connectivity index (χ4v) is 4.84. The molecule has 0 unspecified atom stereocenters. The van der Waals surface area contributed by atoms with Crippen LogP contribution in [0.4, 0.5) is 5.69 Å². The zero-order valence-corrected chi connectivity index (χ0v) is 17.0. The molecule has 9 heteroatoms. The normalized spacial score (nSPS) is 30.7. The second-order valence-electron chi connectivity index (χ2n) is 8.81. The molecule has 0 amide bonds. The number of aryl methyl sites for hydroxylation is 1. The Morgan fingerprint density at radius 3 is 2.80 bits per heavy atom. The van der Waals surface area contributed by atoms with Crippen LogP contribution in [-0.4, -0.2) is 54.4 Å². The van der Waals surface area contributed by atoms with Gasteiger partial charge in [0.2, 0.25) is 0 Å². The highest BCUT2D eigenvalue weighted by atomic mass is 16.7. The minimum atomic E-state index is -0.734. The number of carbonyl (C=O) groups is 1. The van der Waals surface area contributed by atoms with E-state index in [-0.39, 0.29) is 23.7 Å². The summed E-state index contributed by atoms with van der Waals surface area (Å²) < 4.78 is 1.85. The molecule has 0 radical (unpaired) electrons. The third kappa shape index (κ3) is 3.21. The lowest BCUT2D eigenvalue weighted by Gasteiger charge is -2.34. The minimum absolute atomic E-state index is 0.0992. The van der Waals surface area contributed by atoms with E-state index < -0.39 is 5.97 Å². The zero-order chi connectivity index (χ0) is 20.9. The Hall–Kier alpha value is -2.68. The molecule has 3 heterocycles. The van der Waals surface area contributed by atoms with Gasteiger partial charge in [0.05, 0.1) is 35.0 Å². The topological polar surface area (TPSA) is 122 Å². The van der Waals surface area contributed by atoms with E-state index >= 15 is 0 Å². The van der Waals surface area contributed by atoms with Gasteiger partial charge in [-0.1, -0.05) is 5.16 Å². The first-order chi connectivity index (χ1) is 14.5. The van der Waals surface area contributed by atoms with Crippen LogP contribution in [0, 0.1) is 5.92 Å². The molecule has 1 spiro atoms. The van der Waals surface area contributed by atoms with Gasteiger partial charge >= 0.3 is 5.97 Å². The first kappa shape index (κ1) is 19.3. The summed E-state index contributed by atoms with van der Waals surface area (Å²) in [5.74, 6) is -1.02. The molecular weight excluding hydrogens is 386 g/mol. The lowest BCUT2D eigenvalue weighted by atomic mass is 9.79. The van der Waals surface area contributed by atoms with E-state index in [1.807, 2.05) is 24.0 Å². The van der Waals surface area contributed by atoms with Crippen molar-refractivity contribution in [2.45, 2.75) is 76.2 Å². The predicted molar refractivity (Wildman–Crippen MR) is 110 cm³/mol. The molecule has 1 aliphatic heterocycles. The highest BCUT2D eigenvalue weighted by Crippen LogP contribution is 2.42. The largest absolute Gasteiger partial charge is 0.481 e. The summed E-state index contributed by atoms with van der Waals surface area (Å²) in [4.78, 5) is 21.8. The molecule has 2 aromatic rings. The van der Waals surface area contributed by atoms with E-state index in [2.05, 4.69) is 20.6 Å². The summed E-state index contributed by atoms with van der Waals surface area (Å²) in [5, 5.41) is 32.4. The monoisotopic (exact) mass is 413 g/mol. The van der Waals surface area contributed by atoms with E-state index in [9.17, 15) is 15.0 Å². The van der Waals surface area contributed by atoms with Crippen molar-refractivity contribution >= 4 is 28.4 Å². The van der Waals surface area contributed by atoms with Crippen LogP contribution in [-0.2, 0) is 16.2 Å². The van der Waals surface area contributed by atoms with Crippen molar-refractivity contribution in [2.75, 3.05) is 5.32 Å². The van der Waals surface area contributed by atoms with Crippen molar-refractivity contribution in [2.24, 2.45) is 11.1 Å². The number of oxime groups is 1. The van der Waals surface area contributed by atoms with Gasteiger partial charge < -0.3 is 20.4 Å². The summed E-state index contributed by atoms with van der Waals surface area (Å²) in [6, 6.07) is 0.0992. The highest BCUT2D eigenvalue weighted by Gasteiger charge is 2.43. The molecule has 0 atom stereocenters. The van der Waals surface area contributed by atoms with Crippen molar-refractivity contribution < 1.29 is 19.8 Å². The molecule has 2 aromatic heterocycles. The highest BCUT2D eigenvalue weighted by molar-refractivity contribution is 6.10. The number of aliphatic hydroxyl groups is 1. The Morgan fingerprint density at radius 1 is 1.33 bits per heavy atom. The van der Waals surface area contributed by atoms with Crippen LogP contribution in [0.25, 0.3) is 11.0 Å². The molecule has 3 aliphatic rings. The van der Waals surface area contributed by atoms with Crippen LogP contribution in [0.15, 0.2) is 17.5 Å². The number of hydrogen-bond donors (Lipinski definition) is 3. The number of aliphatic carboxylic acids is 1. The van der Waals surface area contributed by atoms with Gasteiger partial charge in [-0.05, 0) is 45.4 Å². The van der Waals surface area contributed by atoms with Gasteiger partial charge in [-0.3, -0.25) is 4.79 Å². The molecule has 5 rings (SSSR count). The molecule has 9 nitrogen and oxygen atoms in total. The number of rotatable bonds is 5. The van der Waals surface area contributed by atoms with Gasteiger partial charge in [0.15, 0.2) is 5.65 Å². The van der Waals surface area contributed by atoms with Crippen LogP contribution in [0.3, 0.4) is 0 Å². The maximum absolute atomic E-state index is 11.2. The number of aliphatic hydroxyl groups excluding tert-OH is 1. The van der Waals surface area contributed by atoms with E-state index in [0.29, 0.717) is 19.3 Å². The SMILES string of the molecule is CCn1ncc2c(NC3CC(C(=O)O)C3)c(C3=NOC4(CCC(O)CC4)C3)cnc21. The molecule has 0 aromatic carbocycles. The molecule has 0 bridgehead atoms. The second-order valence-corrected chi connectivity index (χ2v) is 8.81. The Labute approximate surface area is 174 Å². The molecular formula is C21H27N5O4. The third-order valence-corrected chi connectivity index (χ3v) is 6.82. The van der Waals surface area contributed by atoms with Crippen molar-refractivity contribution in [1.29, 1.82) is 0 Å². The Bertz CT molecular complexity index is 1000. The third-order valence-electron chi connectivity index (χ3n) is 6.82. The fourth-order valence-electron chi connectivity index (χ4n) is 4.84. The average Bonchev–Trinajstić information content (AvgIpc) is 3.31. The molecule has 160 valence electrons. The molecule has 2 fully saturated rings. The van der Waals surface area contributed by atoms with Crippen LogP contribution >= 0.6 is 0 Å². The minimum Gasteiger partial charge on any atom is -0.481 e. The van der Waals surface area contributed by atoms with E-state index in [0.717, 1.165) is 60.2 Å². The molecule has 2 aliphatic carbocycles. The smallest absolute Gasteiger partial charge is 0.306 e. The van der Waals surface area contributed by atoms with Gasteiger partial charge in [0, 0.05) is 30.8 Å². The summed E-state index contributed by atoms with van der Waals surface area (Å²) in [6.45, 7) is 2.74. The van der Waals surface area contributed by atoms with Crippen LogP contribution < -0.4 is 5.32 Å². The lowest BCUT2D eigenvalue weighted by molar-refractivity contribution is -0.144. The van der Waals surface area contributed by atoms with E-state index in [4.69, 9.17) is 4.84 Å². The Kier molecular flexibility index (Phi) is 4.65. The standard InChI is InChI=1S/C21H27N5O4/c1-2-26-19-16(11-23-26)18(24-13-7-12(8-13)20(28)29)15(10-22-19)17-9-21(30-25-17)5-3-14(27)4-6-21/h10-14,27H,2-9H2,1H3,(H,22,24)(H,28,29). The molecule has 30 heavy (non-hydrogen) atoms. The number of aromatic nitrogens is 3. The maximum atomic E-state index is 11.2. The predicted octanol–water partition coefficient (Wildman–Crippen LogP) is 2.52. The van der Waals surface area contributed by atoms with Crippen molar-refractivity contribution in [3.05, 3.63) is 18.0 Å². The number of anilines is 1. The van der Waals surface area contributed by atoms with Gasteiger partial charge in [0.1, 0.15) is 5.60 Å². The van der Waals surface area contributed by atoms with Gasteiger partial charge in [-0.25, -0.2) is 9.67 Å². The second kappa shape index (κ2) is 7.23. The molecule has 2 saturated carbocycles. The summed E-state index contributed by atoms with van der Waals surface area (Å²) in [7, 11) is 0. The number of fused-ring (bicyclic) bond motifs is 1. The summed E-state index contributed by atoms with van der Waals surface area (Å²) in [5.41, 5.74) is 3.11. The number of pyridine rings is 1.